The van der Waals surface area contributed by atoms with E-state index in [1.807, 2.05) is 18.2 Å². The van der Waals surface area contributed by atoms with Gasteiger partial charge in [-0.3, -0.25) is 0 Å². The molecule has 0 unspecified atom stereocenters. The summed E-state index contributed by atoms with van der Waals surface area (Å²) in [6.45, 7) is 5.84. The third-order valence-corrected chi connectivity index (χ3v) is 1.53. The Kier molecular flexibility index (Phi) is 6.21. The van der Waals surface area contributed by atoms with Crippen LogP contribution in [0.2, 0.25) is 0 Å². The summed E-state index contributed by atoms with van der Waals surface area (Å²) in [6.07, 6.45) is 1.05. The van der Waals surface area contributed by atoms with Gasteiger partial charge in [0.05, 0.1) is 6.61 Å². The second kappa shape index (κ2) is 6.32. The quantitative estimate of drug-likeness (QED) is 0.429. The summed E-state index contributed by atoms with van der Waals surface area (Å²) in [6, 6.07) is 8.84. The van der Waals surface area contributed by atoms with Crippen molar-refractivity contribution < 1.29 is 4.74 Å². The fraction of sp³-hybridized carbons (Fsp3) is 0.300. The number of hydrogen-bond acceptors (Lipinski definition) is 1. The Bertz CT molecular complexity index is 200. The molecule has 0 aromatic heterocycles. The van der Waals surface area contributed by atoms with Crippen molar-refractivity contribution in [2.75, 3.05) is 6.61 Å². The van der Waals surface area contributed by atoms with E-state index in [2.05, 4.69) is 13.0 Å². The number of fused-ring (bicyclic) bond motifs is 1. The van der Waals surface area contributed by atoms with E-state index in [-0.39, 0.29) is 23.1 Å². The summed E-state index contributed by atoms with van der Waals surface area (Å²) < 4.78 is 5.28. The van der Waals surface area contributed by atoms with Crippen LogP contribution in [0, 0.1) is 13.0 Å². The molecule has 1 aromatic carbocycles. The summed E-state index contributed by atoms with van der Waals surface area (Å²) in [5.74, 6) is 1.04. The van der Waals surface area contributed by atoms with Gasteiger partial charge in [-0.25, -0.2) is 0 Å². The van der Waals surface area contributed by atoms with Crippen molar-refractivity contribution >= 4 is 23.1 Å². The smallest absolute Gasteiger partial charge is 0.519 e. The van der Waals surface area contributed by atoms with Crippen LogP contribution in [0.4, 0.5) is 0 Å². The molecular weight excluding hydrogens is 160 g/mol. The maximum absolute atomic E-state index is 5.28. The first-order valence-corrected chi connectivity index (χ1v) is 3.79. The van der Waals surface area contributed by atoms with E-state index in [9.17, 15) is 0 Å². The van der Waals surface area contributed by atoms with Gasteiger partial charge in [-0.2, -0.15) is 25.1 Å². The van der Waals surface area contributed by atoms with Gasteiger partial charge < -0.3 is 11.7 Å². The van der Waals surface area contributed by atoms with Crippen LogP contribution in [-0.2, 0) is 6.42 Å². The van der Waals surface area contributed by atoms with Gasteiger partial charge in [0.1, 0.15) is 0 Å². The van der Waals surface area contributed by atoms with Crippen LogP contribution < -0.4 is 4.74 Å². The molecule has 1 aliphatic heterocycles. The van der Waals surface area contributed by atoms with Crippen LogP contribution in [-0.4, -0.2) is 29.7 Å². The largest absolute Gasteiger partial charge is 2.00 e. The average Bonchev–Trinajstić information content (AvgIpc) is 2.55. The molecule has 0 atom stereocenters. The SMILES string of the molecule is [CH2-]C.[Mg+2].[c-]1ccc2c(c1)CCO2. The molecule has 0 saturated carbocycles. The zero-order chi connectivity index (χ0) is 8.10. The average molecular weight is 173 g/mol. The fourth-order valence-electron chi connectivity index (χ4n) is 1.06. The molecule has 0 aliphatic carbocycles. The summed E-state index contributed by atoms with van der Waals surface area (Å²) in [7, 11) is 0. The predicted molar refractivity (Wildman–Crippen MR) is 51.3 cm³/mol. The Labute approximate surface area is 90.3 Å². The van der Waals surface area contributed by atoms with Crippen LogP contribution in [0.1, 0.15) is 12.5 Å². The molecule has 2 rings (SSSR count). The zero-order valence-corrected chi connectivity index (χ0v) is 8.88. The number of hydrogen-bond donors (Lipinski definition) is 0. The van der Waals surface area contributed by atoms with Crippen molar-refractivity contribution in [2.24, 2.45) is 0 Å². The summed E-state index contributed by atoms with van der Waals surface area (Å²) in [4.78, 5) is 0. The van der Waals surface area contributed by atoms with Crippen molar-refractivity contribution in [3.05, 3.63) is 36.8 Å². The maximum Gasteiger partial charge on any atom is 2.00 e. The standard InChI is InChI=1S/C8H7O.C2H5.Mg/c1-2-4-8-7(3-1)5-6-9-8;1-2;/h2-4H,5-6H2;1H2,2H3;/q2*-1;+2. The zero-order valence-electron chi connectivity index (χ0n) is 7.47. The van der Waals surface area contributed by atoms with Crippen molar-refractivity contribution in [3.63, 3.8) is 0 Å². The number of benzene rings is 1. The third kappa shape index (κ3) is 2.68. The van der Waals surface area contributed by atoms with Crippen molar-refractivity contribution in [1.82, 2.24) is 0 Å². The van der Waals surface area contributed by atoms with Gasteiger partial charge in [0, 0.05) is 5.75 Å². The first-order chi connectivity index (χ1) is 5.47. The van der Waals surface area contributed by atoms with Gasteiger partial charge in [0.25, 0.3) is 0 Å². The van der Waals surface area contributed by atoms with Crippen molar-refractivity contribution in [2.45, 2.75) is 13.3 Å². The molecule has 0 bridgehead atoms. The normalized spacial score (nSPS) is 11.5. The summed E-state index contributed by atoms with van der Waals surface area (Å²) >= 11 is 0. The Morgan fingerprint density at radius 1 is 1.50 bits per heavy atom. The fourth-order valence-corrected chi connectivity index (χ4v) is 1.06. The van der Waals surface area contributed by atoms with Gasteiger partial charge in [-0.05, 0) is 6.42 Å². The summed E-state index contributed by atoms with van der Waals surface area (Å²) in [5.41, 5.74) is 1.29. The first-order valence-electron chi connectivity index (χ1n) is 3.79. The Morgan fingerprint density at radius 3 is 2.92 bits per heavy atom. The minimum absolute atomic E-state index is 0. The number of rotatable bonds is 0. The summed E-state index contributed by atoms with van der Waals surface area (Å²) in [5, 5.41) is 0. The molecule has 1 heterocycles. The molecule has 0 saturated heterocycles. The first kappa shape index (κ1) is 11.8. The molecule has 12 heavy (non-hydrogen) atoms. The molecule has 0 radical (unpaired) electrons. The van der Waals surface area contributed by atoms with Gasteiger partial charge in [-0.15, -0.1) is 11.6 Å². The van der Waals surface area contributed by atoms with Gasteiger partial charge >= 0.3 is 23.1 Å². The van der Waals surface area contributed by atoms with Gasteiger partial charge in [0.15, 0.2) is 0 Å². The Morgan fingerprint density at radius 2 is 2.25 bits per heavy atom. The Balaban J connectivity index is 0.000000378. The molecule has 0 amide bonds. The van der Waals surface area contributed by atoms with E-state index >= 15 is 0 Å². The number of ether oxygens (including phenoxy) is 1. The molecule has 0 N–H and O–H groups in total. The van der Waals surface area contributed by atoms with Gasteiger partial charge in [0.2, 0.25) is 0 Å². The third-order valence-electron chi connectivity index (χ3n) is 1.53. The van der Waals surface area contributed by atoms with E-state index in [0.29, 0.717) is 0 Å². The predicted octanol–water partition coefficient (Wildman–Crippen LogP) is 1.88. The second-order valence-electron chi connectivity index (χ2n) is 2.13. The van der Waals surface area contributed by atoms with Crippen LogP contribution in [0.5, 0.6) is 5.75 Å². The van der Waals surface area contributed by atoms with E-state index in [0.717, 1.165) is 18.8 Å². The van der Waals surface area contributed by atoms with E-state index in [1.165, 1.54) is 5.56 Å². The second-order valence-corrected chi connectivity index (χ2v) is 2.13. The minimum atomic E-state index is 0. The van der Waals surface area contributed by atoms with Crippen LogP contribution in [0.15, 0.2) is 18.2 Å². The molecular formula is C10H12MgO. The van der Waals surface area contributed by atoms with Crippen LogP contribution in [0.3, 0.4) is 0 Å². The molecule has 2 heteroatoms. The monoisotopic (exact) mass is 172 g/mol. The molecule has 1 nitrogen and oxygen atoms in total. The molecule has 60 valence electrons. The molecule has 1 aliphatic rings. The van der Waals surface area contributed by atoms with Crippen molar-refractivity contribution in [3.8, 4) is 5.75 Å². The van der Waals surface area contributed by atoms with E-state index < -0.39 is 0 Å². The molecule has 0 spiro atoms. The van der Waals surface area contributed by atoms with E-state index in [1.54, 1.807) is 6.92 Å². The van der Waals surface area contributed by atoms with Crippen molar-refractivity contribution in [1.29, 1.82) is 0 Å². The van der Waals surface area contributed by atoms with Crippen LogP contribution in [0.25, 0.3) is 0 Å². The Hall–Kier alpha value is -0.214. The van der Waals surface area contributed by atoms with Crippen LogP contribution >= 0.6 is 0 Å². The van der Waals surface area contributed by atoms with E-state index in [4.69, 9.17) is 4.74 Å². The molecule has 1 aromatic rings. The minimum Gasteiger partial charge on any atom is -0.519 e. The van der Waals surface area contributed by atoms with Gasteiger partial charge in [-0.1, -0.05) is 0 Å². The topological polar surface area (TPSA) is 9.23 Å². The molecule has 0 fully saturated rings. The maximum atomic E-state index is 5.28.